The molecule has 16 nitrogen and oxygen atoms in total. The predicted molar refractivity (Wildman–Crippen MR) is 162 cm³/mol. The SMILES string of the molecule is CCS(=O)(=O)Nc1cc(O)c(C2C([O-])C(c3c(NS(=O)(=O)CC)cc(O)cc3NS(=O)(=O)CC)C2[O-])c(NS(=O)(=O)CC)c1. The average Bonchev–Trinajstić information content (AvgIpc) is 2.91. The van der Waals surface area contributed by atoms with Gasteiger partial charge < -0.3 is 20.4 Å². The Labute approximate surface area is 256 Å². The standard InChI is InChI=1S/C24H34N4O12S4/c1-5-41(33,34)25-13-9-15(26-42(35,36)6-2)20(18(30)10-13)22-23(31)21(24(22)32)19-16(27-43(37,38)7-3)11-14(29)12-17(19)28-44(39,40)8-4/h9-12,21-30H,5-8H2,1-4H3/q-2. The van der Waals surface area contributed by atoms with Crippen LogP contribution in [0, 0.1) is 0 Å². The minimum atomic E-state index is -4.08. The Hall–Kier alpha value is -3.04. The van der Waals surface area contributed by atoms with Crippen LogP contribution in [-0.2, 0) is 40.1 Å². The molecule has 1 saturated carbocycles. The third-order valence-electron chi connectivity index (χ3n) is 7.00. The number of sulfonamides is 4. The maximum atomic E-state index is 13.8. The molecule has 2 aromatic carbocycles. The van der Waals surface area contributed by atoms with Crippen LogP contribution in [-0.4, -0.2) is 79.1 Å². The van der Waals surface area contributed by atoms with Crippen molar-refractivity contribution < 1.29 is 54.1 Å². The van der Waals surface area contributed by atoms with E-state index in [0.29, 0.717) is 0 Å². The molecule has 1 fully saturated rings. The van der Waals surface area contributed by atoms with Crippen LogP contribution < -0.4 is 29.1 Å². The first-order valence-corrected chi connectivity index (χ1v) is 19.9. The largest absolute Gasteiger partial charge is 0.851 e. The van der Waals surface area contributed by atoms with Crippen LogP contribution in [0.1, 0.15) is 50.7 Å². The minimum absolute atomic E-state index is 0.256. The van der Waals surface area contributed by atoms with E-state index in [0.717, 1.165) is 24.3 Å². The van der Waals surface area contributed by atoms with Crippen LogP contribution in [0.5, 0.6) is 11.5 Å². The predicted octanol–water partition coefficient (Wildman–Crippen LogP) is -0.517. The molecular weight excluding hydrogens is 665 g/mol. The van der Waals surface area contributed by atoms with Crippen molar-refractivity contribution in [3.05, 3.63) is 35.4 Å². The molecule has 0 saturated heterocycles. The number of aromatic hydroxyl groups is 2. The summed E-state index contributed by atoms with van der Waals surface area (Å²) >= 11 is 0. The van der Waals surface area contributed by atoms with Crippen molar-refractivity contribution in [2.75, 3.05) is 41.9 Å². The molecule has 2 unspecified atom stereocenters. The average molecular weight is 699 g/mol. The van der Waals surface area contributed by atoms with Crippen molar-refractivity contribution in [1.82, 2.24) is 0 Å². The first-order chi connectivity index (χ1) is 20.2. The molecule has 3 rings (SSSR count). The van der Waals surface area contributed by atoms with Gasteiger partial charge in [0.25, 0.3) is 0 Å². The van der Waals surface area contributed by atoms with Crippen LogP contribution in [0.4, 0.5) is 22.7 Å². The van der Waals surface area contributed by atoms with Gasteiger partial charge in [0.05, 0.1) is 45.8 Å². The van der Waals surface area contributed by atoms with E-state index in [9.17, 15) is 54.1 Å². The summed E-state index contributed by atoms with van der Waals surface area (Å²) in [6, 6.07) is 3.73. The molecular formula is C24H34N4O12S4-2. The van der Waals surface area contributed by atoms with E-state index in [1.165, 1.54) is 27.7 Å². The zero-order valence-electron chi connectivity index (χ0n) is 24.1. The highest BCUT2D eigenvalue weighted by atomic mass is 32.2. The van der Waals surface area contributed by atoms with Gasteiger partial charge in [0.1, 0.15) is 11.5 Å². The van der Waals surface area contributed by atoms with Crippen LogP contribution >= 0.6 is 0 Å². The van der Waals surface area contributed by atoms with E-state index in [1.807, 2.05) is 0 Å². The lowest BCUT2D eigenvalue weighted by Crippen LogP contribution is -2.64. The summed E-state index contributed by atoms with van der Waals surface area (Å²) in [5.41, 5.74) is -2.32. The van der Waals surface area contributed by atoms with Gasteiger partial charge in [0, 0.05) is 29.3 Å². The molecule has 1 aliphatic carbocycles. The lowest BCUT2D eigenvalue weighted by atomic mass is 9.62. The number of anilines is 4. The summed E-state index contributed by atoms with van der Waals surface area (Å²) in [5.74, 6) is -6.39. The number of nitrogens with one attached hydrogen (secondary N) is 4. The van der Waals surface area contributed by atoms with E-state index in [1.54, 1.807) is 0 Å². The monoisotopic (exact) mass is 698 g/mol. The van der Waals surface area contributed by atoms with Crippen molar-refractivity contribution in [3.8, 4) is 11.5 Å². The van der Waals surface area contributed by atoms with Crippen LogP contribution in [0.25, 0.3) is 0 Å². The van der Waals surface area contributed by atoms with Crippen molar-refractivity contribution in [2.24, 2.45) is 0 Å². The van der Waals surface area contributed by atoms with E-state index < -0.39 is 116 Å². The minimum Gasteiger partial charge on any atom is -0.851 e. The summed E-state index contributed by atoms with van der Waals surface area (Å²) in [6.45, 7) is 5.22. The van der Waals surface area contributed by atoms with E-state index in [4.69, 9.17) is 0 Å². The van der Waals surface area contributed by atoms with Gasteiger partial charge in [-0.3, -0.25) is 18.9 Å². The zero-order chi connectivity index (χ0) is 33.4. The second kappa shape index (κ2) is 12.8. The molecule has 248 valence electrons. The van der Waals surface area contributed by atoms with Gasteiger partial charge in [-0.1, -0.05) is 0 Å². The molecule has 0 aromatic heterocycles. The van der Waals surface area contributed by atoms with Gasteiger partial charge in [-0.05, 0) is 45.6 Å². The molecule has 44 heavy (non-hydrogen) atoms. The van der Waals surface area contributed by atoms with Gasteiger partial charge in [-0.25, -0.2) is 33.7 Å². The molecule has 1 aliphatic rings. The second-order valence-electron chi connectivity index (χ2n) is 9.91. The van der Waals surface area contributed by atoms with Gasteiger partial charge in [-0.2, -0.15) is 0 Å². The van der Waals surface area contributed by atoms with Gasteiger partial charge in [0.2, 0.25) is 40.1 Å². The molecule has 2 aromatic rings. The quantitative estimate of drug-likeness (QED) is 0.146. The fourth-order valence-corrected chi connectivity index (χ4v) is 7.17. The Morgan fingerprint density at radius 1 is 0.568 bits per heavy atom. The molecule has 6 N–H and O–H groups in total. The van der Waals surface area contributed by atoms with Gasteiger partial charge >= 0.3 is 0 Å². The molecule has 0 heterocycles. The molecule has 0 amide bonds. The van der Waals surface area contributed by atoms with E-state index in [2.05, 4.69) is 18.9 Å². The number of rotatable bonds is 14. The van der Waals surface area contributed by atoms with Crippen LogP contribution in [0.15, 0.2) is 24.3 Å². The first-order valence-electron chi connectivity index (χ1n) is 13.3. The summed E-state index contributed by atoms with van der Waals surface area (Å²) in [4.78, 5) is 0. The number of benzene rings is 2. The fraction of sp³-hybridized carbons (Fsp3) is 0.500. The smallest absolute Gasteiger partial charge is 0.232 e. The number of phenolic OH excluding ortho intramolecular Hbond substituents is 2. The normalized spacial score (nSPS) is 20.9. The Morgan fingerprint density at radius 3 is 1.30 bits per heavy atom. The maximum Gasteiger partial charge on any atom is 0.232 e. The molecule has 0 spiro atoms. The summed E-state index contributed by atoms with van der Waals surface area (Å²) in [5, 5.41) is 48.7. The Bertz CT molecular complexity index is 1780. The van der Waals surface area contributed by atoms with Crippen LogP contribution in [0.2, 0.25) is 0 Å². The lowest BCUT2D eigenvalue weighted by molar-refractivity contribution is -0.535. The van der Waals surface area contributed by atoms with Crippen molar-refractivity contribution >= 4 is 62.8 Å². The molecule has 20 heteroatoms. The molecule has 0 aliphatic heterocycles. The Balaban J connectivity index is 2.21. The van der Waals surface area contributed by atoms with E-state index in [-0.39, 0.29) is 17.0 Å². The third-order valence-corrected chi connectivity index (χ3v) is 12.2. The molecule has 0 bridgehead atoms. The number of hydrogen-bond donors (Lipinski definition) is 6. The van der Waals surface area contributed by atoms with E-state index >= 15 is 0 Å². The van der Waals surface area contributed by atoms with Crippen molar-refractivity contribution in [1.29, 1.82) is 0 Å². The van der Waals surface area contributed by atoms with Gasteiger partial charge in [-0.15, -0.1) is 12.2 Å². The van der Waals surface area contributed by atoms with Crippen molar-refractivity contribution in [2.45, 2.75) is 51.7 Å². The Kier molecular flexibility index (Phi) is 10.3. The first kappa shape index (κ1) is 35.4. The van der Waals surface area contributed by atoms with Gasteiger partial charge in [0.15, 0.2) is 0 Å². The molecule has 0 radical (unpaired) electrons. The zero-order valence-corrected chi connectivity index (χ0v) is 27.3. The Morgan fingerprint density at radius 2 is 0.909 bits per heavy atom. The summed E-state index contributed by atoms with van der Waals surface area (Å²) in [6.07, 6.45) is -4.02. The highest BCUT2D eigenvalue weighted by Crippen LogP contribution is 2.54. The van der Waals surface area contributed by atoms with Crippen molar-refractivity contribution in [3.63, 3.8) is 0 Å². The summed E-state index contributed by atoms with van der Waals surface area (Å²) in [7, 11) is -16.1. The molecule has 2 atom stereocenters. The highest BCUT2D eigenvalue weighted by molar-refractivity contribution is 7.93. The number of phenols is 2. The highest BCUT2D eigenvalue weighted by Gasteiger charge is 2.44. The fourth-order valence-electron chi connectivity index (χ4n) is 4.60. The topological polar surface area (TPSA) is 271 Å². The second-order valence-corrected chi connectivity index (χ2v) is 18.0. The maximum absolute atomic E-state index is 13.8. The number of hydrogen-bond acceptors (Lipinski definition) is 12. The lowest BCUT2D eigenvalue weighted by Gasteiger charge is -2.62. The summed E-state index contributed by atoms with van der Waals surface area (Å²) < 4.78 is 107. The van der Waals surface area contributed by atoms with Crippen LogP contribution in [0.3, 0.4) is 0 Å². The third kappa shape index (κ3) is 7.78.